The monoisotopic (exact) mass is 676 g/mol. The van der Waals surface area contributed by atoms with E-state index >= 15 is 0 Å². The Labute approximate surface area is 275 Å². The van der Waals surface area contributed by atoms with Crippen LogP contribution in [0.2, 0.25) is 5.02 Å². The first-order valence-electron chi connectivity index (χ1n) is 14.9. The number of benzene rings is 1. The molecule has 1 fully saturated rings. The first-order valence-corrected chi connectivity index (χ1v) is 15.3. The van der Waals surface area contributed by atoms with Gasteiger partial charge in [0.25, 0.3) is 5.91 Å². The lowest BCUT2D eigenvalue weighted by atomic mass is 9.93. The third-order valence-corrected chi connectivity index (χ3v) is 7.87. The van der Waals surface area contributed by atoms with Crippen LogP contribution in [0.25, 0.3) is 11.4 Å². The molecule has 1 aliphatic rings. The fourth-order valence-electron chi connectivity index (χ4n) is 5.07. The lowest BCUT2D eigenvalue weighted by Crippen LogP contribution is -2.59. The lowest BCUT2D eigenvalue weighted by molar-refractivity contribution is -0.230. The maximum absolute atomic E-state index is 14.5. The Bertz CT molecular complexity index is 1550. The second kappa shape index (κ2) is 16.2. The van der Waals surface area contributed by atoms with E-state index in [9.17, 15) is 34.4 Å². The molecule has 5 unspecified atom stereocenters. The Morgan fingerprint density at radius 1 is 1.13 bits per heavy atom. The van der Waals surface area contributed by atoms with Crippen LogP contribution in [-0.2, 0) is 9.53 Å². The zero-order chi connectivity index (χ0) is 34.2. The van der Waals surface area contributed by atoms with Crippen LogP contribution in [0.5, 0.6) is 5.75 Å². The molecule has 5 atom stereocenters. The molecule has 1 aliphatic heterocycles. The molecule has 3 aromatic rings. The molecule has 0 saturated carbocycles. The maximum atomic E-state index is 14.5. The number of halogens is 2. The molecular formula is C31H38ClFN6O8. The number of aliphatic hydroxyl groups is 4. The third kappa shape index (κ3) is 8.68. The van der Waals surface area contributed by atoms with E-state index in [-0.39, 0.29) is 60.0 Å². The highest BCUT2D eigenvalue weighted by molar-refractivity contribution is 6.30. The van der Waals surface area contributed by atoms with Gasteiger partial charge in [0.05, 0.1) is 49.3 Å². The van der Waals surface area contributed by atoms with Crippen LogP contribution in [0.15, 0.2) is 42.9 Å². The van der Waals surface area contributed by atoms with Crippen molar-refractivity contribution in [2.75, 3.05) is 32.1 Å². The summed E-state index contributed by atoms with van der Waals surface area (Å²) in [6, 6.07) is 5.35. The topological polar surface area (TPSA) is 199 Å². The van der Waals surface area contributed by atoms with Crippen molar-refractivity contribution in [3.8, 4) is 17.1 Å². The van der Waals surface area contributed by atoms with E-state index in [1.54, 1.807) is 11.0 Å². The van der Waals surface area contributed by atoms with Crippen LogP contribution in [0.1, 0.15) is 37.0 Å². The highest BCUT2D eigenvalue weighted by atomic mass is 35.5. The highest BCUT2D eigenvalue weighted by Crippen LogP contribution is 2.31. The predicted octanol–water partition coefficient (Wildman–Crippen LogP) is 1.67. The van der Waals surface area contributed by atoms with Crippen molar-refractivity contribution in [2.45, 2.75) is 63.3 Å². The highest BCUT2D eigenvalue weighted by Gasteiger charge is 2.44. The van der Waals surface area contributed by atoms with E-state index in [0.29, 0.717) is 17.1 Å². The largest absolute Gasteiger partial charge is 0.491 e. The summed E-state index contributed by atoms with van der Waals surface area (Å²) >= 11 is 6.04. The number of rotatable bonds is 13. The van der Waals surface area contributed by atoms with Crippen molar-refractivity contribution >= 4 is 34.9 Å². The molecule has 0 bridgehead atoms. The van der Waals surface area contributed by atoms with Crippen molar-refractivity contribution in [1.29, 1.82) is 0 Å². The van der Waals surface area contributed by atoms with Crippen LogP contribution in [0.4, 0.5) is 15.9 Å². The van der Waals surface area contributed by atoms with Gasteiger partial charge in [0, 0.05) is 36.5 Å². The molecule has 6 N–H and O–H groups in total. The number of hydrogen-bond donors (Lipinski definition) is 6. The molecule has 0 aliphatic carbocycles. The quantitative estimate of drug-likeness (QED) is 0.143. The predicted molar refractivity (Wildman–Crippen MR) is 169 cm³/mol. The van der Waals surface area contributed by atoms with Gasteiger partial charge in [-0.15, -0.1) is 0 Å². The van der Waals surface area contributed by atoms with Gasteiger partial charge < -0.3 is 45.4 Å². The molecule has 0 spiro atoms. The van der Waals surface area contributed by atoms with E-state index in [2.05, 4.69) is 25.6 Å². The summed E-state index contributed by atoms with van der Waals surface area (Å²) < 4.78 is 25.4. The number of nitrogens with one attached hydrogen (secondary N) is 2. The number of methoxy groups -OCH3 is 1. The van der Waals surface area contributed by atoms with E-state index < -0.39 is 48.9 Å². The average molecular weight is 677 g/mol. The summed E-state index contributed by atoms with van der Waals surface area (Å²) in [6.07, 6.45) is -2.52. The van der Waals surface area contributed by atoms with Crippen LogP contribution >= 0.6 is 11.6 Å². The first kappa shape index (κ1) is 35.9. The molecule has 2 amide bonds. The van der Waals surface area contributed by atoms with Gasteiger partial charge in [0.2, 0.25) is 5.91 Å². The Hall–Kier alpha value is -3.99. The number of anilines is 2. The molecule has 1 saturated heterocycles. The van der Waals surface area contributed by atoms with Crippen molar-refractivity contribution in [1.82, 2.24) is 25.2 Å². The molecule has 16 heteroatoms. The molecule has 0 radical (unpaired) electrons. The van der Waals surface area contributed by atoms with Gasteiger partial charge in [-0.1, -0.05) is 11.6 Å². The second-order valence-corrected chi connectivity index (χ2v) is 11.6. The summed E-state index contributed by atoms with van der Waals surface area (Å²) in [4.78, 5) is 40.5. The first-order chi connectivity index (χ1) is 22.4. The summed E-state index contributed by atoms with van der Waals surface area (Å²) in [5.74, 6) is -0.946. The molecule has 1 aromatic carbocycles. The zero-order valence-electron chi connectivity index (χ0n) is 26.0. The third-order valence-electron chi connectivity index (χ3n) is 7.64. The fraction of sp³-hybridized carbons (Fsp3) is 0.452. The second-order valence-electron chi connectivity index (χ2n) is 11.1. The molecule has 3 heterocycles. The summed E-state index contributed by atoms with van der Waals surface area (Å²) in [7, 11) is 1.42. The number of pyridine rings is 1. The average Bonchev–Trinajstić information content (AvgIpc) is 3.05. The molecule has 14 nitrogen and oxygen atoms in total. The summed E-state index contributed by atoms with van der Waals surface area (Å²) in [6.45, 7) is 3.48. The van der Waals surface area contributed by atoms with Crippen molar-refractivity contribution in [3.63, 3.8) is 0 Å². The Kier molecular flexibility index (Phi) is 12.4. The van der Waals surface area contributed by atoms with Crippen LogP contribution in [0.3, 0.4) is 0 Å². The number of aliphatic hydroxyl groups excluding tert-OH is 4. The Balaban J connectivity index is 1.39. The SMILES string of the molecule is COc1cnc(-c2cc(Cl)ccc2F)nc1Nc1ccncc1C(=O)NCCCN(C(=O)CC1OC(CO)C(O)C(O)C1O)C(C)C. The molecular weight excluding hydrogens is 639 g/mol. The number of carbonyl (C=O) groups is 2. The molecule has 47 heavy (non-hydrogen) atoms. The fourth-order valence-corrected chi connectivity index (χ4v) is 5.25. The van der Waals surface area contributed by atoms with Gasteiger partial charge in [-0.3, -0.25) is 14.6 Å². The van der Waals surface area contributed by atoms with E-state index in [1.165, 1.54) is 43.9 Å². The number of hydrogen-bond acceptors (Lipinski definition) is 12. The van der Waals surface area contributed by atoms with Gasteiger partial charge in [-0.2, -0.15) is 0 Å². The smallest absolute Gasteiger partial charge is 0.254 e. The minimum atomic E-state index is -1.57. The van der Waals surface area contributed by atoms with Crippen molar-refractivity contribution in [2.24, 2.45) is 0 Å². The van der Waals surface area contributed by atoms with Crippen LogP contribution in [0, 0.1) is 5.82 Å². The number of carbonyl (C=O) groups excluding carboxylic acids is 2. The summed E-state index contributed by atoms with van der Waals surface area (Å²) in [5.41, 5.74) is 0.603. The standard InChI is InChI=1S/C31H38ClFN6O8/c1-16(2)39(25(41)12-22-26(42)28(44)27(43)24(15-40)47-22)10-4-8-35-31(45)19-13-34-9-7-21(19)37-30-23(46-3)14-36-29(38-30)18-11-17(32)5-6-20(18)33/h5-7,9,11,13-14,16,22,24,26-28,40,42-44H,4,8,10,12,15H2,1-3H3,(H,35,45)(H,34,36,37,38). The van der Waals surface area contributed by atoms with Gasteiger partial charge in [-0.25, -0.2) is 14.4 Å². The number of aromatic nitrogens is 3. The number of amides is 2. The Morgan fingerprint density at radius 2 is 1.87 bits per heavy atom. The van der Waals surface area contributed by atoms with E-state index in [1.807, 2.05) is 13.8 Å². The van der Waals surface area contributed by atoms with Gasteiger partial charge in [0.1, 0.15) is 30.2 Å². The van der Waals surface area contributed by atoms with E-state index in [0.717, 1.165) is 0 Å². The van der Waals surface area contributed by atoms with Crippen molar-refractivity contribution < 1.29 is 43.9 Å². The minimum Gasteiger partial charge on any atom is -0.491 e. The van der Waals surface area contributed by atoms with Crippen molar-refractivity contribution in [3.05, 3.63) is 59.3 Å². The normalized spacial score (nSPS) is 20.9. The lowest BCUT2D eigenvalue weighted by Gasteiger charge is -2.40. The van der Waals surface area contributed by atoms with Gasteiger partial charge in [-0.05, 0) is 44.5 Å². The van der Waals surface area contributed by atoms with Gasteiger partial charge >= 0.3 is 0 Å². The molecule has 254 valence electrons. The van der Waals surface area contributed by atoms with Crippen LogP contribution in [-0.4, -0.2) is 115 Å². The number of nitrogens with zero attached hydrogens (tertiary/aromatic N) is 4. The molecule has 4 rings (SSSR count). The number of ether oxygens (including phenoxy) is 2. The summed E-state index contributed by atoms with van der Waals surface area (Å²) in [5, 5.41) is 46.0. The maximum Gasteiger partial charge on any atom is 0.254 e. The molecule has 2 aromatic heterocycles. The van der Waals surface area contributed by atoms with Gasteiger partial charge in [0.15, 0.2) is 17.4 Å². The van der Waals surface area contributed by atoms with E-state index in [4.69, 9.17) is 21.1 Å². The Morgan fingerprint density at radius 3 is 2.57 bits per heavy atom. The minimum absolute atomic E-state index is 0.0455. The zero-order valence-corrected chi connectivity index (χ0v) is 26.8. The van der Waals surface area contributed by atoms with Crippen LogP contribution < -0.4 is 15.4 Å².